The molecule has 0 aromatic heterocycles. The normalized spacial score (nSPS) is 16.9. The molecule has 1 rings (SSSR count). The Balaban J connectivity index is 2.32. The number of nitrogens with zero attached hydrogens (tertiary/aromatic N) is 1. The van der Waals surface area contributed by atoms with E-state index in [2.05, 4.69) is 29.5 Å². The second-order valence-electron chi connectivity index (χ2n) is 5.64. The molecule has 0 saturated heterocycles. The van der Waals surface area contributed by atoms with Crippen LogP contribution in [0.5, 0.6) is 0 Å². The van der Waals surface area contributed by atoms with E-state index in [-0.39, 0.29) is 12.1 Å². The minimum Gasteiger partial charge on any atom is -0.450 e. The standard InChI is InChI=1S/C14H28N4O2/c1-4-20-14(19)18-12(11-5-6-11)9-17-13(15)16-8-7-10(2)3/h10-12H,4-9H2,1-3H3,(H,18,19)(H3,15,16,17). The average molecular weight is 284 g/mol. The molecule has 1 aliphatic carbocycles. The fraction of sp³-hybridized carbons (Fsp3) is 0.857. The highest BCUT2D eigenvalue weighted by molar-refractivity contribution is 5.77. The van der Waals surface area contributed by atoms with Crippen molar-refractivity contribution in [2.45, 2.75) is 46.1 Å². The summed E-state index contributed by atoms with van der Waals surface area (Å²) in [6.45, 7) is 7.84. The van der Waals surface area contributed by atoms with Crippen LogP contribution in [-0.2, 0) is 4.74 Å². The Kier molecular flexibility index (Phi) is 7.18. The number of alkyl carbamates (subject to hydrolysis) is 1. The third-order valence-corrected chi connectivity index (χ3v) is 3.26. The fourth-order valence-corrected chi connectivity index (χ4v) is 1.88. The van der Waals surface area contributed by atoms with Gasteiger partial charge in [-0.3, -0.25) is 4.99 Å². The molecule has 1 fully saturated rings. The molecule has 0 radical (unpaired) electrons. The summed E-state index contributed by atoms with van der Waals surface area (Å²) in [5, 5.41) is 5.95. The smallest absolute Gasteiger partial charge is 0.407 e. The van der Waals surface area contributed by atoms with Gasteiger partial charge in [0, 0.05) is 6.54 Å². The van der Waals surface area contributed by atoms with Gasteiger partial charge in [0.1, 0.15) is 0 Å². The highest BCUT2D eigenvalue weighted by Crippen LogP contribution is 2.32. The fourth-order valence-electron chi connectivity index (χ4n) is 1.88. The average Bonchev–Trinajstić information content (AvgIpc) is 3.18. The lowest BCUT2D eigenvalue weighted by Crippen LogP contribution is -2.40. The van der Waals surface area contributed by atoms with E-state index in [1.807, 2.05) is 0 Å². The van der Waals surface area contributed by atoms with Crippen molar-refractivity contribution < 1.29 is 9.53 Å². The molecular weight excluding hydrogens is 256 g/mol. The first-order chi connectivity index (χ1) is 9.52. The summed E-state index contributed by atoms with van der Waals surface area (Å²) in [6, 6.07) is 0.0273. The number of aliphatic imine (C=N–C) groups is 1. The van der Waals surface area contributed by atoms with E-state index in [4.69, 9.17) is 10.5 Å². The number of hydrogen-bond donors (Lipinski definition) is 3. The predicted molar refractivity (Wildman–Crippen MR) is 80.6 cm³/mol. The second kappa shape index (κ2) is 8.66. The van der Waals surface area contributed by atoms with Gasteiger partial charge in [-0.1, -0.05) is 13.8 Å². The van der Waals surface area contributed by atoms with Crippen molar-refractivity contribution in [2.24, 2.45) is 22.6 Å². The first kappa shape index (κ1) is 16.6. The maximum absolute atomic E-state index is 11.4. The first-order valence-corrected chi connectivity index (χ1v) is 7.50. The van der Waals surface area contributed by atoms with E-state index >= 15 is 0 Å². The van der Waals surface area contributed by atoms with Crippen LogP contribution < -0.4 is 16.4 Å². The third-order valence-electron chi connectivity index (χ3n) is 3.26. The van der Waals surface area contributed by atoms with Crippen LogP contribution in [0.3, 0.4) is 0 Å². The SMILES string of the molecule is CCOC(=O)NC(CN=C(N)NCCC(C)C)C1CC1. The number of rotatable bonds is 8. The van der Waals surface area contributed by atoms with Gasteiger partial charge < -0.3 is 21.1 Å². The lowest BCUT2D eigenvalue weighted by atomic mass is 10.1. The number of guanidine groups is 1. The Bertz CT molecular complexity index is 327. The number of nitrogens with one attached hydrogen (secondary N) is 2. The number of hydrogen-bond acceptors (Lipinski definition) is 3. The van der Waals surface area contributed by atoms with Crippen LogP contribution in [0.2, 0.25) is 0 Å². The zero-order chi connectivity index (χ0) is 15.0. The van der Waals surface area contributed by atoms with Crippen LogP contribution in [0.4, 0.5) is 4.79 Å². The van der Waals surface area contributed by atoms with Crippen LogP contribution in [0.1, 0.15) is 40.0 Å². The Hall–Kier alpha value is -1.46. The van der Waals surface area contributed by atoms with Gasteiger partial charge >= 0.3 is 6.09 Å². The van der Waals surface area contributed by atoms with Gasteiger partial charge in [-0.25, -0.2) is 4.79 Å². The van der Waals surface area contributed by atoms with E-state index < -0.39 is 0 Å². The minimum absolute atomic E-state index is 0.0273. The number of carbonyl (C=O) groups is 1. The van der Waals surface area contributed by atoms with Gasteiger partial charge in [0.15, 0.2) is 5.96 Å². The van der Waals surface area contributed by atoms with Crippen molar-refractivity contribution >= 4 is 12.1 Å². The molecule has 1 amide bonds. The van der Waals surface area contributed by atoms with Gasteiger partial charge in [-0.2, -0.15) is 0 Å². The minimum atomic E-state index is -0.370. The molecule has 0 heterocycles. The molecule has 20 heavy (non-hydrogen) atoms. The number of carbonyl (C=O) groups excluding carboxylic acids is 1. The Morgan fingerprint density at radius 3 is 2.70 bits per heavy atom. The molecule has 4 N–H and O–H groups in total. The third kappa shape index (κ3) is 7.21. The van der Waals surface area contributed by atoms with Crippen LogP contribution in [0.25, 0.3) is 0 Å². The second-order valence-corrected chi connectivity index (χ2v) is 5.64. The van der Waals surface area contributed by atoms with Crippen LogP contribution in [-0.4, -0.2) is 37.8 Å². The molecule has 0 spiro atoms. The van der Waals surface area contributed by atoms with E-state index in [0.29, 0.717) is 30.9 Å². The predicted octanol–water partition coefficient (Wildman–Crippen LogP) is 1.46. The number of ether oxygens (including phenoxy) is 1. The van der Waals surface area contributed by atoms with Gasteiger partial charge in [-0.05, 0) is 38.0 Å². The van der Waals surface area contributed by atoms with E-state index in [1.54, 1.807) is 6.92 Å². The molecule has 6 nitrogen and oxygen atoms in total. The molecular formula is C14H28N4O2. The maximum Gasteiger partial charge on any atom is 0.407 e. The zero-order valence-corrected chi connectivity index (χ0v) is 12.8. The van der Waals surface area contributed by atoms with Crippen molar-refractivity contribution in [1.82, 2.24) is 10.6 Å². The van der Waals surface area contributed by atoms with E-state index in [9.17, 15) is 4.79 Å². The molecule has 1 atom stereocenters. The highest BCUT2D eigenvalue weighted by Gasteiger charge is 2.32. The van der Waals surface area contributed by atoms with E-state index in [1.165, 1.54) is 0 Å². The van der Waals surface area contributed by atoms with Gasteiger partial charge in [0.05, 0.1) is 19.2 Å². The Morgan fingerprint density at radius 2 is 2.15 bits per heavy atom. The highest BCUT2D eigenvalue weighted by atomic mass is 16.5. The molecule has 1 aliphatic rings. The van der Waals surface area contributed by atoms with Crippen molar-refractivity contribution in [2.75, 3.05) is 19.7 Å². The molecule has 116 valence electrons. The number of nitrogens with two attached hydrogens (primary N) is 1. The monoisotopic (exact) mass is 284 g/mol. The Morgan fingerprint density at radius 1 is 1.45 bits per heavy atom. The lowest BCUT2D eigenvalue weighted by Gasteiger charge is -2.16. The largest absolute Gasteiger partial charge is 0.450 e. The summed E-state index contributed by atoms with van der Waals surface area (Å²) in [5.74, 6) is 1.59. The first-order valence-electron chi connectivity index (χ1n) is 7.50. The van der Waals surface area contributed by atoms with Crippen molar-refractivity contribution in [3.8, 4) is 0 Å². The van der Waals surface area contributed by atoms with Crippen LogP contribution >= 0.6 is 0 Å². The van der Waals surface area contributed by atoms with Crippen LogP contribution in [0, 0.1) is 11.8 Å². The quantitative estimate of drug-likeness (QED) is 0.465. The van der Waals surface area contributed by atoms with Crippen molar-refractivity contribution in [3.63, 3.8) is 0 Å². The van der Waals surface area contributed by atoms with E-state index in [0.717, 1.165) is 25.8 Å². The summed E-state index contributed by atoms with van der Waals surface area (Å²) >= 11 is 0. The molecule has 1 unspecified atom stereocenters. The van der Waals surface area contributed by atoms with Gasteiger partial charge in [-0.15, -0.1) is 0 Å². The number of amides is 1. The molecule has 1 saturated carbocycles. The summed E-state index contributed by atoms with van der Waals surface area (Å²) in [7, 11) is 0. The van der Waals surface area contributed by atoms with Crippen LogP contribution in [0.15, 0.2) is 4.99 Å². The Labute approximate surface area is 121 Å². The van der Waals surface area contributed by atoms with Crippen molar-refractivity contribution in [3.05, 3.63) is 0 Å². The van der Waals surface area contributed by atoms with Gasteiger partial charge in [0.2, 0.25) is 0 Å². The molecule has 0 aromatic rings. The lowest BCUT2D eigenvalue weighted by molar-refractivity contribution is 0.147. The molecule has 0 bridgehead atoms. The van der Waals surface area contributed by atoms with Crippen molar-refractivity contribution in [1.29, 1.82) is 0 Å². The van der Waals surface area contributed by atoms with Gasteiger partial charge in [0.25, 0.3) is 0 Å². The summed E-state index contributed by atoms with van der Waals surface area (Å²) < 4.78 is 4.90. The topological polar surface area (TPSA) is 88.7 Å². The zero-order valence-electron chi connectivity index (χ0n) is 12.8. The molecule has 0 aliphatic heterocycles. The molecule has 6 heteroatoms. The molecule has 0 aromatic carbocycles. The maximum atomic E-state index is 11.4. The summed E-state index contributed by atoms with van der Waals surface area (Å²) in [5.41, 5.74) is 5.81. The summed E-state index contributed by atoms with van der Waals surface area (Å²) in [6.07, 6.45) is 2.95. The summed E-state index contributed by atoms with van der Waals surface area (Å²) in [4.78, 5) is 15.8.